The summed E-state index contributed by atoms with van der Waals surface area (Å²) in [6.45, 7) is 2.39. The molecule has 0 aliphatic heterocycles. The highest BCUT2D eigenvalue weighted by atomic mass is 19.2. The van der Waals surface area contributed by atoms with Crippen molar-refractivity contribution < 1.29 is 8.78 Å². The molecule has 0 spiro atoms. The number of aromatic nitrogens is 4. The molecule has 0 aliphatic carbocycles. The third-order valence-corrected chi connectivity index (χ3v) is 5.05. The number of nitrogens with zero attached hydrogens (tertiary/aromatic N) is 5. The zero-order chi connectivity index (χ0) is 21.1. The highest BCUT2D eigenvalue weighted by Crippen LogP contribution is 2.29. The van der Waals surface area contributed by atoms with Crippen molar-refractivity contribution in [1.82, 2.24) is 25.1 Å². The number of rotatable bonds is 6. The summed E-state index contributed by atoms with van der Waals surface area (Å²) in [7, 11) is 1.91. The summed E-state index contributed by atoms with van der Waals surface area (Å²) < 4.78 is 28.8. The lowest BCUT2D eigenvalue weighted by atomic mass is 10.0. The quantitative estimate of drug-likeness (QED) is 0.475. The monoisotopic (exact) mass is 405 g/mol. The van der Waals surface area contributed by atoms with Crippen LogP contribution in [-0.4, -0.2) is 32.2 Å². The first-order valence-electron chi connectivity index (χ1n) is 9.58. The van der Waals surface area contributed by atoms with E-state index in [1.165, 1.54) is 6.07 Å². The summed E-state index contributed by atoms with van der Waals surface area (Å²) in [5.41, 5.74) is 3.58. The van der Waals surface area contributed by atoms with E-state index in [4.69, 9.17) is 0 Å². The van der Waals surface area contributed by atoms with Crippen LogP contribution in [0.1, 0.15) is 28.6 Å². The lowest BCUT2D eigenvalue weighted by molar-refractivity contribution is 0.257. The van der Waals surface area contributed by atoms with E-state index in [0.29, 0.717) is 17.9 Å². The molecule has 1 heterocycles. The highest BCUT2D eigenvalue weighted by Gasteiger charge is 2.26. The number of halogens is 2. The second kappa shape index (κ2) is 8.51. The maximum atomic E-state index is 13.7. The van der Waals surface area contributed by atoms with Gasteiger partial charge in [-0.05, 0) is 59.3 Å². The zero-order valence-electron chi connectivity index (χ0n) is 16.7. The van der Waals surface area contributed by atoms with Crippen LogP contribution in [0.3, 0.4) is 0 Å². The molecule has 0 bridgehead atoms. The SMILES string of the molecule is Cc1ccccc1-n1nnnc1[C@@H](c1ccccc1)N(C)Cc1ccc(F)c(F)c1. The Labute approximate surface area is 173 Å². The number of benzene rings is 3. The molecule has 5 nitrogen and oxygen atoms in total. The molecule has 3 aromatic carbocycles. The molecule has 0 aliphatic rings. The van der Waals surface area contributed by atoms with Crippen molar-refractivity contribution in [2.45, 2.75) is 19.5 Å². The molecule has 0 amide bonds. The minimum Gasteiger partial charge on any atom is -0.288 e. The molecule has 0 N–H and O–H groups in total. The molecule has 4 rings (SSSR count). The molecular weight excluding hydrogens is 384 g/mol. The van der Waals surface area contributed by atoms with E-state index in [1.54, 1.807) is 10.7 Å². The minimum absolute atomic E-state index is 0.297. The Kier molecular flexibility index (Phi) is 5.63. The van der Waals surface area contributed by atoms with Gasteiger partial charge in [0, 0.05) is 6.54 Å². The van der Waals surface area contributed by atoms with Crippen LogP contribution in [0, 0.1) is 18.6 Å². The van der Waals surface area contributed by atoms with Crippen molar-refractivity contribution in [2.75, 3.05) is 7.05 Å². The number of para-hydroxylation sites is 1. The van der Waals surface area contributed by atoms with Crippen LogP contribution in [0.25, 0.3) is 5.69 Å². The fourth-order valence-electron chi connectivity index (χ4n) is 3.59. The smallest absolute Gasteiger partial charge is 0.178 e. The first-order valence-corrected chi connectivity index (χ1v) is 9.58. The van der Waals surface area contributed by atoms with E-state index >= 15 is 0 Å². The summed E-state index contributed by atoms with van der Waals surface area (Å²) in [5.74, 6) is -1.08. The molecule has 152 valence electrons. The van der Waals surface area contributed by atoms with Gasteiger partial charge in [0.2, 0.25) is 0 Å². The first kappa shape index (κ1) is 19.8. The van der Waals surface area contributed by atoms with Gasteiger partial charge in [-0.15, -0.1) is 5.10 Å². The van der Waals surface area contributed by atoms with Crippen molar-refractivity contribution in [3.8, 4) is 5.69 Å². The number of tetrazole rings is 1. The van der Waals surface area contributed by atoms with Gasteiger partial charge >= 0.3 is 0 Å². The summed E-state index contributed by atoms with van der Waals surface area (Å²) in [4.78, 5) is 2.02. The van der Waals surface area contributed by atoms with Gasteiger partial charge in [-0.25, -0.2) is 8.78 Å². The van der Waals surface area contributed by atoms with Crippen molar-refractivity contribution in [1.29, 1.82) is 0 Å². The highest BCUT2D eigenvalue weighted by molar-refractivity contribution is 5.40. The van der Waals surface area contributed by atoms with E-state index in [9.17, 15) is 8.78 Å². The minimum atomic E-state index is -0.859. The van der Waals surface area contributed by atoms with E-state index in [2.05, 4.69) is 15.5 Å². The number of aryl methyl sites for hydroxylation is 1. The Hall–Kier alpha value is -3.45. The average Bonchev–Trinajstić information content (AvgIpc) is 3.21. The molecule has 1 atom stereocenters. The van der Waals surface area contributed by atoms with Crippen LogP contribution in [-0.2, 0) is 6.54 Å². The van der Waals surface area contributed by atoms with Crippen LogP contribution in [0.5, 0.6) is 0 Å². The Bertz CT molecular complexity index is 1140. The molecule has 30 heavy (non-hydrogen) atoms. The lowest BCUT2D eigenvalue weighted by Gasteiger charge is -2.28. The lowest BCUT2D eigenvalue weighted by Crippen LogP contribution is -2.28. The Morgan fingerprint density at radius 3 is 2.40 bits per heavy atom. The fraction of sp³-hybridized carbons (Fsp3) is 0.174. The molecule has 7 heteroatoms. The standard InChI is InChI=1S/C23H21F2N5/c1-16-8-6-7-11-21(16)30-23(26-27-28-30)22(18-9-4-3-5-10-18)29(2)15-17-12-13-19(24)20(25)14-17/h3-14,22H,15H2,1-2H3/t22-/m1/s1. The molecule has 1 aromatic heterocycles. The van der Waals surface area contributed by atoms with Gasteiger partial charge in [0.05, 0.1) is 11.7 Å². The van der Waals surface area contributed by atoms with Crippen molar-refractivity contribution in [3.05, 3.63) is 107 Å². The molecular formula is C23H21F2N5. The second-order valence-electron chi connectivity index (χ2n) is 7.21. The molecule has 0 saturated carbocycles. The summed E-state index contributed by atoms with van der Waals surface area (Å²) in [5, 5.41) is 12.5. The van der Waals surface area contributed by atoms with Gasteiger partial charge in [-0.3, -0.25) is 4.90 Å². The Balaban J connectivity index is 1.76. The van der Waals surface area contributed by atoms with Crippen LogP contribution in [0.2, 0.25) is 0 Å². The molecule has 0 radical (unpaired) electrons. The van der Waals surface area contributed by atoms with E-state index in [-0.39, 0.29) is 6.04 Å². The van der Waals surface area contributed by atoms with Gasteiger partial charge in [0.25, 0.3) is 0 Å². The Morgan fingerprint density at radius 2 is 1.67 bits per heavy atom. The summed E-state index contributed by atoms with van der Waals surface area (Å²) >= 11 is 0. The van der Waals surface area contributed by atoms with E-state index in [1.807, 2.05) is 73.5 Å². The van der Waals surface area contributed by atoms with Crippen LogP contribution < -0.4 is 0 Å². The van der Waals surface area contributed by atoms with Gasteiger partial charge < -0.3 is 0 Å². The van der Waals surface area contributed by atoms with Gasteiger partial charge in [-0.2, -0.15) is 4.68 Å². The first-order chi connectivity index (χ1) is 14.5. The van der Waals surface area contributed by atoms with Gasteiger partial charge in [-0.1, -0.05) is 54.6 Å². The normalized spacial score (nSPS) is 12.3. The van der Waals surface area contributed by atoms with Gasteiger partial charge in [0.1, 0.15) is 0 Å². The summed E-state index contributed by atoms with van der Waals surface area (Å²) in [6, 6.07) is 21.4. The molecule has 0 saturated heterocycles. The molecule has 0 unspecified atom stereocenters. The maximum Gasteiger partial charge on any atom is 0.178 e. The largest absolute Gasteiger partial charge is 0.288 e. The van der Waals surface area contributed by atoms with Gasteiger partial charge in [0.15, 0.2) is 17.5 Å². The third kappa shape index (κ3) is 3.97. The topological polar surface area (TPSA) is 46.8 Å². The predicted octanol–water partition coefficient (Wildman–Crippen LogP) is 4.47. The summed E-state index contributed by atoms with van der Waals surface area (Å²) in [6.07, 6.45) is 0. The number of hydrogen-bond acceptors (Lipinski definition) is 4. The Morgan fingerprint density at radius 1 is 0.933 bits per heavy atom. The number of hydrogen-bond donors (Lipinski definition) is 0. The zero-order valence-corrected chi connectivity index (χ0v) is 16.7. The molecule has 0 fully saturated rings. The van der Waals surface area contributed by atoms with Crippen LogP contribution >= 0.6 is 0 Å². The van der Waals surface area contributed by atoms with Crippen molar-refractivity contribution >= 4 is 0 Å². The van der Waals surface area contributed by atoms with Crippen molar-refractivity contribution in [3.63, 3.8) is 0 Å². The fourth-order valence-corrected chi connectivity index (χ4v) is 3.59. The van der Waals surface area contributed by atoms with Crippen LogP contribution in [0.15, 0.2) is 72.8 Å². The van der Waals surface area contributed by atoms with Crippen LogP contribution in [0.4, 0.5) is 8.78 Å². The second-order valence-corrected chi connectivity index (χ2v) is 7.21. The van der Waals surface area contributed by atoms with E-state index < -0.39 is 11.6 Å². The van der Waals surface area contributed by atoms with Crippen molar-refractivity contribution in [2.24, 2.45) is 0 Å². The third-order valence-electron chi connectivity index (χ3n) is 5.05. The predicted molar refractivity (Wildman–Crippen MR) is 110 cm³/mol. The average molecular weight is 405 g/mol. The molecule has 4 aromatic rings. The maximum absolute atomic E-state index is 13.7. The van der Waals surface area contributed by atoms with E-state index in [0.717, 1.165) is 22.9 Å².